The Morgan fingerprint density at radius 1 is 1.38 bits per heavy atom. The molecule has 0 aromatic heterocycles. The van der Waals surface area contributed by atoms with E-state index in [0.717, 1.165) is 28.6 Å². The van der Waals surface area contributed by atoms with E-state index in [1.165, 1.54) is 0 Å². The van der Waals surface area contributed by atoms with Gasteiger partial charge in [0.2, 0.25) is 0 Å². The van der Waals surface area contributed by atoms with Crippen LogP contribution in [0.25, 0.3) is 0 Å². The van der Waals surface area contributed by atoms with Gasteiger partial charge >= 0.3 is 0 Å². The van der Waals surface area contributed by atoms with Crippen LogP contribution in [-0.4, -0.2) is 19.9 Å². The minimum Gasteiger partial charge on any atom is -0.373 e. The zero-order chi connectivity index (χ0) is 12.3. The molecule has 1 rings (SSSR count). The third-order valence-corrected chi connectivity index (χ3v) is 2.74. The van der Waals surface area contributed by atoms with Gasteiger partial charge in [0.05, 0.1) is 0 Å². The molecule has 0 heterocycles. The van der Waals surface area contributed by atoms with Crippen molar-refractivity contribution < 1.29 is 4.79 Å². The maximum absolute atomic E-state index is 11.0. The summed E-state index contributed by atoms with van der Waals surface area (Å²) in [6.07, 6.45) is 0.904. The van der Waals surface area contributed by atoms with E-state index in [-0.39, 0.29) is 5.41 Å². The van der Waals surface area contributed by atoms with E-state index in [1.807, 2.05) is 25.2 Å². The molecular weight excluding hydrogens is 266 g/mol. The van der Waals surface area contributed by atoms with E-state index >= 15 is 0 Å². The molecule has 0 unspecified atom stereocenters. The summed E-state index contributed by atoms with van der Waals surface area (Å²) < 4.78 is 0.994. The Balaban J connectivity index is 3.02. The van der Waals surface area contributed by atoms with Crippen LogP contribution >= 0.6 is 15.9 Å². The SMILES string of the molecule is CN(CC(C)(C)C)c1cc(Br)ccc1C=O. The molecule has 0 spiro atoms. The van der Waals surface area contributed by atoms with Gasteiger partial charge in [-0.05, 0) is 23.6 Å². The molecule has 0 fully saturated rings. The van der Waals surface area contributed by atoms with E-state index in [0.29, 0.717) is 0 Å². The Hall–Kier alpha value is -0.830. The number of nitrogens with zero attached hydrogens (tertiary/aromatic N) is 1. The lowest BCUT2D eigenvalue weighted by Gasteiger charge is -2.29. The normalized spacial score (nSPS) is 11.3. The van der Waals surface area contributed by atoms with E-state index < -0.39 is 0 Å². The minimum absolute atomic E-state index is 0.206. The van der Waals surface area contributed by atoms with Crippen molar-refractivity contribution >= 4 is 27.9 Å². The summed E-state index contributed by atoms with van der Waals surface area (Å²) in [6.45, 7) is 7.45. The van der Waals surface area contributed by atoms with Crippen molar-refractivity contribution in [3.63, 3.8) is 0 Å². The quantitative estimate of drug-likeness (QED) is 0.788. The second-order valence-corrected chi connectivity index (χ2v) is 6.15. The van der Waals surface area contributed by atoms with Crippen LogP contribution in [0.5, 0.6) is 0 Å². The van der Waals surface area contributed by atoms with Gasteiger partial charge in [-0.15, -0.1) is 0 Å². The van der Waals surface area contributed by atoms with Crippen LogP contribution in [0.2, 0.25) is 0 Å². The summed E-state index contributed by atoms with van der Waals surface area (Å²) in [6, 6.07) is 5.71. The van der Waals surface area contributed by atoms with Crippen LogP contribution < -0.4 is 4.90 Å². The summed E-state index contributed by atoms with van der Waals surface area (Å²) in [7, 11) is 2.01. The second kappa shape index (κ2) is 5.00. The van der Waals surface area contributed by atoms with Crippen molar-refractivity contribution in [2.45, 2.75) is 20.8 Å². The fraction of sp³-hybridized carbons (Fsp3) is 0.462. The summed E-state index contributed by atoms with van der Waals surface area (Å²) in [5.74, 6) is 0. The molecule has 0 bridgehead atoms. The van der Waals surface area contributed by atoms with E-state index in [9.17, 15) is 4.79 Å². The van der Waals surface area contributed by atoms with Crippen LogP contribution in [-0.2, 0) is 0 Å². The third-order valence-electron chi connectivity index (χ3n) is 2.24. The lowest BCUT2D eigenvalue weighted by molar-refractivity contribution is 0.112. The summed E-state index contributed by atoms with van der Waals surface area (Å²) >= 11 is 3.43. The Morgan fingerprint density at radius 2 is 2.00 bits per heavy atom. The van der Waals surface area contributed by atoms with Gasteiger partial charge in [-0.3, -0.25) is 4.79 Å². The second-order valence-electron chi connectivity index (χ2n) is 5.24. The highest BCUT2D eigenvalue weighted by Crippen LogP contribution is 2.26. The predicted molar refractivity (Wildman–Crippen MR) is 72.3 cm³/mol. The predicted octanol–water partition coefficient (Wildman–Crippen LogP) is 3.74. The lowest BCUT2D eigenvalue weighted by atomic mass is 9.96. The Kier molecular flexibility index (Phi) is 4.14. The molecule has 3 heteroatoms. The largest absolute Gasteiger partial charge is 0.373 e. The Bertz CT molecular complexity index is 382. The third kappa shape index (κ3) is 3.63. The van der Waals surface area contributed by atoms with Gasteiger partial charge in [0.15, 0.2) is 6.29 Å². The molecule has 1 aromatic rings. The molecule has 0 N–H and O–H groups in total. The van der Waals surface area contributed by atoms with Crippen molar-refractivity contribution in [1.29, 1.82) is 0 Å². The molecule has 0 aliphatic carbocycles. The van der Waals surface area contributed by atoms with Crippen molar-refractivity contribution in [3.05, 3.63) is 28.2 Å². The first kappa shape index (κ1) is 13.2. The van der Waals surface area contributed by atoms with Crippen LogP contribution in [0.15, 0.2) is 22.7 Å². The molecule has 0 aliphatic heterocycles. The maximum Gasteiger partial charge on any atom is 0.152 e. The number of rotatable bonds is 3. The molecule has 0 aliphatic rings. The van der Waals surface area contributed by atoms with Gasteiger partial charge < -0.3 is 4.90 Å². The number of hydrogen-bond donors (Lipinski definition) is 0. The first-order valence-corrected chi connectivity index (χ1v) is 6.08. The van der Waals surface area contributed by atoms with E-state index in [1.54, 1.807) is 0 Å². The molecule has 0 radical (unpaired) electrons. The molecule has 1 aromatic carbocycles. The number of aldehydes is 1. The molecule has 2 nitrogen and oxygen atoms in total. The molecule has 0 atom stereocenters. The average molecular weight is 284 g/mol. The summed E-state index contributed by atoms with van der Waals surface area (Å²) in [5, 5.41) is 0. The van der Waals surface area contributed by atoms with Crippen molar-refractivity contribution in [2.75, 3.05) is 18.5 Å². The minimum atomic E-state index is 0.206. The van der Waals surface area contributed by atoms with Crippen molar-refractivity contribution in [3.8, 4) is 0 Å². The van der Waals surface area contributed by atoms with Crippen molar-refractivity contribution in [1.82, 2.24) is 0 Å². The first-order chi connectivity index (χ1) is 7.33. The smallest absolute Gasteiger partial charge is 0.152 e. The van der Waals surface area contributed by atoms with Crippen LogP contribution in [0.3, 0.4) is 0 Å². The lowest BCUT2D eigenvalue weighted by Crippen LogP contribution is -2.29. The van der Waals surface area contributed by atoms with Crippen LogP contribution in [0.4, 0.5) is 5.69 Å². The Morgan fingerprint density at radius 3 is 2.50 bits per heavy atom. The fourth-order valence-corrected chi connectivity index (χ4v) is 2.09. The van der Waals surface area contributed by atoms with E-state index in [4.69, 9.17) is 0 Å². The molecule has 0 amide bonds. The van der Waals surface area contributed by atoms with Gasteiger partial charge in [0.25, 0.3) is 0 Å². The summed E-state index contributed by atoms with van der Waals surface area (Å²) in [5.41, 5.74) is 1.91. The summed E-state index contributed by atoms with van der Waals surface area (Å²) in [4.78, 5) is 13.1. The molecule has 88 valence electrons. The van der Waals surface area contributed by atoms with Crippen LogP contribution in [0.1, 0.15) is 31.1 Å². The van der Waals surface area contributed by atoms with Gasteiger partial charge in [-0.25, -0.2) is 0 Å². The topological polar surface area (TPSA) is 20.3 Å². The molecular formula is C13H18BrNO. The van der Waals surface area contributed by atoms with Crippen LogP contribution in [0, 0.1) is 5.41 Å². The number of hydrogen-bond acceptors (Lipinski definition) is 2. The van der Waals surface area contributed by atoms with Gasteiger partial charge in [-0.1, -0.05) is 36.7 Å². The van der Waals surface area contributed by atoms with Gasteiger partial charge in [0.1, 0.15) is 0 Å². The fourth-order valence-electron chi connectivity index (χ4n) is 1.74. The standard InChI is InChI=1S/C13H18BrNO/c1-13(2,3)9-15(4)12-7-11(14)6-5-10(12)8-16/h5-8H,9H2,1-4H3. The van der Waals surface area contributed by atoms with Gasteiger partial charge in [0, 0.05) is 29.3 Å². The maximum atomic E-state index is 11.0. The van der Waals surface area contributed by atoms with Gasteiger partial charge in [-0.2, -0.15) is 0 Å². The van der Waals surface area contributed by atoms with E-state index in [2.05, 4.69) is 41.6 Å². The number of carbonyl (C=O) groups is 1. The molecule has 16 heavy (non-hydrogen) atoms. The van der Waals surface area contributed by atoms with Crippen molar-refractivity contribution in [2.24, 2.45) is 5.41 Å². The number of carbonyl (C=O) groups excluding carboxylic acids is 1. The highest BCUT2D eigenvalue weighted by molar-refractivity contribution is 9.10. The number of benzene rings is 1. The monoisotopic (exact) mass is 283 g/mol. The molecule has 0 saturated heterocycles. The first-order valence-electron chi connectivity index (χ1n) is 5.29. The number of halogens is 1. The highest BCUT2D eigenvalue weighted by Gasteiger charge is 2.16. The number of anilines is 1. The Labute approximate surface area is 106 Å². The molecule has 0 saturated carbocycles. The zero-order valence-corrected chi connectivity index (χ0v) is 11.8. The average Bonchev–Trinajstić information content (AvgIpc) is 2.15. The highest BCUT2D eigenvalue weighted by atomic mass is 79.9. The zero-order valence-electron chi connectivity index (χ0n) is 10.2.